The standard InChI is InChI=1S/C30H35F2N5O/c1-5-21(3)29(33-23-11-13-24(14-12-23)36-18-16-35(4)17-19-36)34-30-22(6-2)10-15-28(38)37(30)20-25-26(31)8-7-9-27(25)32/h6-15,33H,5,16-20H2,1-4H3/b22-6-,29-21+,34-30+. The Morgan fingerprint density at radius 3 is 2.29 bits per heavy atom. The van der Waals surface area contributed by atoms with Crippen LogP contribution in [-0.4, -0.2) is 54.8 Å². The molecule has 0 unspecified atom stereocenters. The van der Waals surface area contributed by atoms with Crippen LogP contribution in [0.15, 0.2) is 82.7 Å². The number of hydrogen-bond acceptors (Lipinski definition) is 5. The van der Waals surface area contributed by atoms with Crippen LogP contribution in [0.1, 0.15) is 32.8 Å². The maximum absolute atomic E-state index is 14.5. The van der Waals surface area contributed by atoms with Crippen molar-refractivity contribution >= 4 is 23.1 Å². The highest BCUT2D eigenvalue weighted by Gasteiger charge is 2.27. The van der Waals surface area contributed by atoms with Crippen LogP contribution in [0.3, 0.4) is 0 Å². The maximum Gasteiger partial charge on any atom is 0.252 e. The Morgan fingerprint density at radius 2 is 1.68 bits per heavy atom. The number of amidine groups is 1. The van der Waals surface area contributed by atoms with E-state index in [-0.39, 0.29) is 18.0 Å². The van der Waals surface area contributed by atoms with E-state index in [1.807, 2.05) is 39.0 Å². The third kappa shape index (κ3) is 6.19. The van der Waals surface area contributed by atoms with Crippen LogP contribution < -0.4 is 10.2 Å². The number of anilines is 2. The highest BCUT2D eigenvalue weighted by atomic mass is 19.1. The summed E-state index contributed by atoms with van der Waals surface area (Å²) < 4.78 is 29.0. The zero-order valence-electron chi connectivity index (χ0n) is 22.5. The number of carbonyl (C=O) groups is 1. The van der Waals surface area contributed by atoms with Crippen molar-refractivity contribution in [2.75, 3.05) is 43.4 Å². The van der Waals surface area contributed by atoms with Gasteiger partial charge in [0.15, 0.2) is 0 Å². The molecule has 200 valence electrons. The van der Waals surface area contributed by atoms with Gasteiger partial charge in [0.05, 0.1) is 6.54 Å². The Bertz CT molecular complexity index is 1270. The lowest BCUT2D eigenvalue weighted by atomic mass is 10.1. The summed E-state index contributed by atoms with van der Waals surface area (Å²) in [6.07, 6.45) is 5.64. The van der Waals surface area contributed by atoms with Crippen LogP contribution in [0.4, 0.5) is 20.2 Å². The topological polar surface area (TPSA) is 51.2 Å². The number of allylic oxidation sites excluding steroid dienone is 2. The highest BCUT2D eigenvalue weighted by molar-refractivity contribution is 6.15. The molecule has 1 N–H and O–H groups in total. The minimum absolute atomic E-state index is 0.176. The van der Waals surface area contributed by atoms with E-state index >= 15 is 0 Å². The fourth-order valence-corrected chi connectivity index (χ4v) is 4.39. The lowest BCUT2D eigenvalue weighted by Crippen LogP contribution is -2.44. The summed E-state index contributed by atoms with van der Waals surface area (Å²) >= 11 is 0. The molecule has 0 bridgehead atoms. The molecule has 0 aliphatic carbocycles. The molecule has 2 aromatic rings. The lowest BCUT2D eigenvalue weighted by molar-refractivity contribution is -0.123. The lowest BCUT2D eigenvalue weighted by Gasteiger charge is -2.34. The average Bonchev–Trinajstić information content (AvgIpc) is 2.92. The Kier molecular flexibility index (Phi) is 8.73. The summed E-state index contributed by atoms with van der Waals surface area (Å²) in [4.78, 5) is 23.8. The molecule has 1 fully saturated rings. The number of aliphatic imine (C=N–C) groups is 1. The summed E-state index contributed by atoms with van der Waals surface area (Å²) in [7, 11) is 2.14. The van der Waals surface area contributed by atoms with Crippen LogP contribution in [0.2, 0.25) is 0 Å². The van der Waals surface area contributed by atoms with Gasteiger partial charge in [-0.25, -0.2) is 13.8 Å². The smallest absolute Gasteiger partial charge is 0.252 e. The summed E-state index contributed by atoms with van der Waals surface area (Å²) in [5.74, 6) is -0.856. The summed E-state index contributed by atoms with van der Waals surface area (Å²) in [5.41, 5.74) is 3.53. The second-order valence-electron chi connectivity index (χ2n) is 9.58. The second-order valence-corrected chi connectivity index (χ2v) is 9.58. The molecule has 38 heavy (non-hydrogen) atoms. The van der Waals surface area contributed by atoms with E-state index in [0.29, 0.717) is 17.2 Å². The van der Waals surface area contributed by atoms with Crippen LogP contribution >= 0.6 is 0 Å². The molecule has 2 heterocycles. The molecule has 2 aliphatic rings. The number of nitrogens with zero attached hydrogens (tertiary/aromatic N) is 4. The normalized spacial score (nSPS) is 19.4. The molecule has 4 rings (SSSR count). The van der Waals surface area contributed by atoms with Gasteiger partial charge in [0, 0.05) is 54.8 Å². The maximum atomic E-state index is 14.5. The molecule has 0 atom stereocenters. The molecular formula is C30H35F2N5O. The number of nitrogens with one attached hydrogen (secondary N) is 1. The van der Waals surface area contributed by atoms with E-state index in [2.05, 4.69) is 34.3 Å². The number of halogens is 2. The van der Waals surface area contributed by atoms with Gasteiger partial charge in [0.25, 0.3) is 5.91 Å². The first-order chi connectivity index (χ1) is 18.3. The molecular weight excluding hydrogens is 484 g/mol. The van der Waals surface area contributed by atoms with Crippen molar-refractivity contribution in [2.45, 2.75) is 33.7 Å². The third-order valence-corrected chi connectivity index (χ3v) is 7.03. The van der Waals surface area contributed by atoms with Gasteiger partial charge in [-0.3, -0.25) is 9.69 Å². The average molecular weight is 520 g/mol. The van der Waals surface area contributed by atoms with E-state index in [0.717, 1.165) is 43.9 Å². The van der Waals surface area contributed by atoms with Crippen LogP contribution in [-0.2, 0) is 11.3 Å². The first kappa shape index (κ1) is 27.3. The van der Waals surface area contributed by atoms with Gasteiger partial charge < -0.3 is 15.1 Å². The molecule has 0 spiro atoms. The van der Waals surface area contributed by atoms with E-state index in [1.54, 1.807) is 6.08 Å². The van der Waals surface area contributed by atoms with Gasteiger partial charge >= 0.3 is 0 Å². The minimum atomic E-state index is -0.701. The van der Waals surface area contributed by atoms with E-state index in [1.165, 1.54) is 34.9 Å². The van der Waals surface area contributed by atoms with Crippen molar-refractivity contribution in [3.63, 3.8) is 0 Å². The Balaban J connectivity index is 1.64. The minimum Gasteiger partial charge on any atom is -0.369 e. The Labute approximate surface area is 223 Å². The predicted octanol–water partition coefficient (Wildman–Crippen LogP) is 5.71. The van der Waals surface area contributed by atoms with E-state index in [9.17, 15) is 13.6 Å². The monoisotopic (exact) mass is 519 g/mol. The van der Waals surface area contributed by atoms with Crippen LogP contribution in [0, 0.1) is 11.6 Å². The fourth-order valence-electron chi connectivity index (χ4n) is 4.39. The van der Waals surface area contributed by atoms with Crippen molar-refractivity contribution in [3.05, 3.63) is 94.9 Å². The van der Waals surface area contributed by atoms with Crippen LogP contribution in [0.5, 0.6) is 0 Å². The van der Waals surface area contributed by atoms with Gasteiger partial charge in [-0.2, -0.15) is 0 Å². The fraction of sp³-hybridized carbons (Fsp3) is 0.333. The van der Waals surface area contributed by atoms with Crippen LogP contribution in [0.25, 0.3) is 0 Å². The van der Waals surface area contributed by atoms with Crippen molar-refractivity contribution in [2.24, 2.45) is 4.99 Å². The van der Waals surface area contributed by atoms with Crippen molar-refractivity contribution < 1.29 is 13.6 Å². The first-order valence-corrected chi connectivity index (χ1v) is 13.0. The van der Waals surface area contributed by atoms with Gasteiger partial charge in [-0.1, -0.05) is 19.1 Å². The van der Waals surface area contributed by atoms with Gasteiger partial charge in [0.2, 0.25) is 0 Å². The van der Waals surface area contributed by atoms with Gasteiger partial charge in [-0.05, 0) is 75.4 Å². The summed E-state index contributed by atoms with van der Waals surface area (Å²) in [6, 6.07) is 11.9. The predicted molar refractivity (Wildman–Crippen MR) is 150 cm³/mol. The molecule has 0 radical (unpaired) electrons. The number of benzene rings is 2. The number of rotatable bonds is 7. The number of amides is 1. The quantitative estimate of drug-likeness (QED) is 0.509. The zero-order chi connectivity index (χ0) is 27.2. The van der Waals surface area contributed by atoms with Crippen molar-refractivity contribution in [1.29, 1.82) is 0 Å². The molecule has 0 aromatic heterocycles. The molecule has 6 nitrogen and oxygen atoms in total. The van der Waals surface area contributed by atoms with E-state index < -0.39 is 11.6 Å². The number of piperazine rings is 1. The largest absolute Gasteiger partial charge is 0.369 e. The first-order valence-electron chi connectivity index (χ1n) is 13.0. The number of hydrogen-bond donors (Lipinski definition) is 1. The van der Waals surface area contributed by atoms with Crippen molar-refractivity contribution in [3.8, 4) is 0 Å². The molecule has 2 aromatic carbocycles. The van der Waals surface area contributed by atoms with Gasteiger partial charge in [0.1, 0.15) is 23.3 Å². The van der Waals surface area contributed by atoms with Crippen molar-refractivity contribution in [1.82, 2.24) is 9.80 Å². The molecule has 0 saturated carbocycles. The number of carbonyl (C=O) groups excluding carboxylic acids is 1. The SMILES string of the molecule is C/C=C1/C=CC(=O)N(Cc2c(F)cccc2F)/C1=N/C(Nc1ccc(N2CCN(C)CC2)cc1)=C(\C)CC. The molecule has 1 saturated heterocycles. The van der Waals surface area contributed by atoms with Gasteiger partial charge in [-0.15, -0.1) is 0 Å². The Morgan fingerprint density at radius 1 is 1.03 bits per heavy atom. The van der Waals surface area contributed by atoms with E-state index in [4.69, 9.17) is 4.99 Å². The highest BCUT2D eigenvalue weighted by Crippen LogP contribution is 2.25. The molecule has 1 amide bonds. The zero-order valence-corrected chi connectivity index (χ0v) is 22.5. The Hall–Kier alpha value is -3.78. The third-order valence-electron chi connectivity index (χ3n) is 7.03. The summed E-state index contributed by atoms with van der Waals surface area (Å²) in [6.45, 7) is 9.63. The number of likely N-dealkylation sites (N-methyl/N-ethyl adjacent to an activating group) is 1. The molecule has 8 heteroatoms. The molecule has 2 aliphatic heterocycles. The summed E-state index contributed by atoms with van der Waals surface area (Å²) in [5, 5.41) is 3.41. The second kappa shape index (κ2) is 12.2.